The summed E-state index contributed by atoms with van der Waals surface area (Å²) in [4.78, 5) is 13.4. The predicted octanol–water partition coefficient (Wildman–Crippen LogP) is 2.74. The molecule has 1 amide bonds. The summed E-state index contributed by atoms with van der Waals surface area (Å²) in [5, 5.41) is 0.149. The lowest BCUT2D eigenvalue weighted by molar-refractivity contribution is -0.123. The van der Waals surface area contributed by atoms with Crippen molar-refractivity contribution < 1.29 is 9.18 Å². The second-order valence-electron chi connectivity index (χ2n) is 5.06. The number of benzene rings is 1. The number of nitrogens with zero attached hydrogens (tertiary/aromatic N) is 1. The number of nitrogens with two attached hydrogens (primary N) is 1. The molecule has 0 aromatic heterocycles. The third kappa shape index (κ3) is 3.25. The summed E-state index contributed by atoms with van der Waals surface area (Å²) >= 11 is 5.81. The summed E-state index contributed by atoms with van der Waals surface area (Å²) in [7, 11) is 0. The second-order valence-corrected chi connectivity index (χ2v) is 5.47. The van der Waals surface area contributed by atoms with Crippen molar-refractivity contribution in [1.82, 2.24) is 4.90 Å². The Bertz CT molecular complexity index is 473. The highest BCUT2D eigenvalue weighted by atomic mass is 35.5. The molecule has 104 valence electrons. The molecule has 2 rings (SSSR count). The van der Waals surface area contributed by atoms with E-state index in [1.54, 1.807) is 12.1 Å². The van der Waals surface area contributed by atoms with Gasteiger partial charge in [0.1, 0.15) is 5.82 Å². The molecule has 19 heavy (non-hydrogen) atoms. The fraction of sp³-hybridized carbons (Fsp3) is 0.500. The van der Waals surface area contributed by atoms with Gasteiger partial charge in [-0.3, -0.25) is 9.69 Å². The first-order chi connectivity index (χ1) is 8.99. The van der Waals surface area contributed by atoms with Crippen molar-refractivity contribution in [3.63, 3.8) is 0 Å². The lowest BCUT2D eigenvalue weighted by atomic mass is 9.94. The van der Waals surface area contributed by atoms with Gasteiger partial charge in [0.05, 0.1) is 5.02 Å². The summed E-state index contributed by atoms with van der Waals surface area (Å²) in [6.45, 7) is 3.71. The van der Waals surface area contributed by atoms with E-state index in [0.29, 0.717) is 0 Å². The van der Waals surface area contributed by atoms with Gasteiger partial charge in [0.2, 0.25) is 5.91 Å². The van der Waals surface area contributed by atoms with E-state index < -0.39 is 5.82 Å². The van der Waals surface area contributed by atoms with E-state index in [-0.39, 0.29) is 22.9 Å². The third-order valence-electron chi connectivity index (χ3n) is 3.91. The van der Waals surface area contributed by atoms with Crippen molar-refractivity contribution in [2.45, 2.75) is 25.8 Å². The van der Waals surface area contributed by atoms with E-state index in [1.165, 1.54) is 6.07 Å². The maximum Gasteiger partial charge on any atom is 0.220 e. The molecule has 1 fully saturated rings. The Morgan fingerprint density at radius 3 is 2.63 bits per heavy atom. The van der Waals surface area contributed by atoms with Crippen LogP contribution >= 0.6 is 11.6 Å². The summed E-state index contributed by atoms with van der Waals surface area (Å²) in [5.74, 6) is -0.623. The molecule has 1 heterocycles. The SMILES string of the molecule is C[C@@H](c1ccc(F)c(Cl)c1)N1CCC(C(N)=O)CC1. The number of rotatable bonds is 3. The minimum atomic E-state index is -0.398. The van der Waals surface area contributed by atoms with E-state index in [0.717, 1.165) is 31.5 Å². The van der Waals surface area contributed by atoms with Crippen LogP contribution < -0.4 is 5.73 Å². The lowest BCUT2D eigenvalue weighted by Gasteiger charge is -2.35. The molecule has 0 spiro atoms. The fourth-order valence-electron chi connectivity index (χ4n) is 2.55. The highest BCUT2D eigenvalue weighted by Crippen LogP contribution is 2.28. The van der Waals surface area contributed by atoms with Gasteiger partial charge >= 0.3 is 0 Å². The van der Waals surface area contributed by atoms with E-state index in [4.69, 9.17) is 17.3 Å². The molecule has 1 aliphatic rings. The van der Waals surface area contributed by atoms with E-state index in [9.17, 15) is 9.18 Å². The molecule has 2 N–H and O–H groups in total. The standard InChI is InChI=1S/C14H18ClFN2O/c1-9(11-2-3-13(16)12(15)8-11)18-6-4-10(5-7-18)14(17)19/h2-3,8-10H,4-7H2,1H3,(H2,17,19)/t9-/m0/s1. The van der Waals surface area contributed by atoms with Gasteiger partial charge in [-0.15, -0.1) is 0 Å². The van der Waals surface area contributed by atoms with Gasteiger partial charge in [-0.2, -0.15) is 0 Å². The fourth-order valence-corrected chi connectivity index (χ4v) is 2.74. The summed E-state index contributed by atoms with van der Waals surface area (Å²) < 4.78 is 13.1. The molecule has 0 bridgehead atoms. The minimum absolute atomic E-state index is 0.0137. The van der Waals surface area contributed by atoms with Crippen molar-refractivity contribution >= 4 is 17.5 Å². The van der Waals surface area contributed by atoms with Gasteiger partial charge in [0.15, 0.2) is 0 Å². The summed E-state index contributed by atoms with van der Waals surface area (Å²) in [6.07, 6.45) is 1.57. The Kier molecular flexibility index (Phi) is 4.42. The molecule has 1 saturated heterocycles. The first kappa shape index (κ1) is 14.3. The van der Waals surface area contributed by atoms with Crippen LogP contribution in [0, 0.1) is 11.7 Å². The zero-order valence-corrected chi connectivity index (χ0v) is 11.7. The maximum atomic E-state index is 13.1. The highest BCUT2D eigenvalue weighted by Gasteiger charge is 2.26. The number of hydrogen-bond acceptors (Lipinski definition) is 2. The molecular weight excluding hydrogens is 267 g/mol. The summed E-state index contributed by atoms with van der Waals surface area (Å²) in [5.41, 5.74) is 6.31. The first-order valence-electron chi connectivity index (χ1n) is 6.47. The van der Waals surface area contributed by atoms with Crippen LogP contribution in [-0.4, -0.2) is 23.9 Å². The highest BCUT2D eigenvalue weighted by molar-refractivity contribution is 6.30. The van der Waals surface area contributed by atoms with Crippen LogP contribution in [0.2, 0.25) is 5.02 Å². The molecule has 0 aliphatic carbocycles. The molecule has 0 saturated carbocycles. The zero-order valence-electron chi connectivity index (χ0n) is 10.9. The van der Waals surface area contributed by atoms with Crippen LogP contribution in [0.5, 0.6) is 0 Å². The van der Waals surface area contributed by atoms with Gasteiger partial charge in [-0.1, -0.05) is 17.7 Å². The molecule has 3 nitrogen and oxygen atoms in total. The zero-order chi connectivity index (χ0) is 14.0. The van der Waals surface area contributed by atoms with Gasteiger partial charge in [-0.25, -0.2) is 4.39 Å². The molecular formula is C14H18ClFN2O. The average Bonchev–Trinajstić information content (AvgIpc) is 2.41. The molecule has 1 aliphatic heterocycles. The van der Waals surface area contributed by atoms with Crippen LogP contribution in [0.15, 0.2) is 18.2 Å². The number of piperidine rings is 1. The van der Waals surface area contributed by atoms with Crippen molar-refractivity contribution in [2.24, 2.45) is 11.7 Å². The smallest absolute Gasteiger partial charge is 0.220 e. The lowest BCUT2D eigenvalue weighted by Crippen LogP contribution is -2.39. The number of primary amides is 1. The van der Waals surface area contributed by atoms with Crippen LogP contribution in [0.4, 0.5) is 4.39 Å². The van der Waals surface area contributed by atoms with Crippen LogP contribution in [-0.2, 0) is 4.79 Å². The van der Waals surface area contributed by atoms with Crippen molar-refractivity contribution in [3.05, 3.63) is 34.6 Å². The Morgan fingerprint density at radius 2 is 2.11 bits per heavy atom. The van der Waals surface area contributed by atoms with Gasteiger partial charge in [0.25, 0.3) is 0 Å². The predicted molar refractivity (Wildman–Crippen MR) is 73.3 cm³/mol. The molecule has 1 aromatic carbocycles. The van der Waals surface area contributed by atoms with Gasteiger partial charge < -0.3 is 5.73 Å². The Labute approximate surface area is 117 Å². The van der Waals surface area contributed by atoms with Crippen molar-refractivity contribution in [3.8, 4) is 0 Å². The minimum Gasteiger partial charge on any atom is -0.369 e. The number of carbonyl (C=O) groups excluding carboxylic acids is 1. The Hall–Kier alpha value is -1.13. The van der Waals surface area contributed by atoms with Crippen LogP contribution in [0.1, 0.15) is 31.4 Å². The average molecular weight is 285 g/mol. The van der Waals surface area contributed by atoms with E-state index >= 15 is 0 Å². The van der Waals surface area contributed by atoms with Crippen LogP contribution in [0.25, 0.3) is 0 Å². The van der Waals surface area contributed by atoms with Crippen LogP contribution in [0.3, 0.4) is 0 Å². The van der Waals surface area contributed by atoms with E-state index in [2.05, 4.69) is 11.8 Å². The normalized spacial score (nSPS) is 19.3. The Balaban J connectivity index is 2.02. The summed E-state index contributed by atoms with van der Waals surface area (Å²) in [6, 6.07) is 4.98. The quantitative estimate of drug-likeness (QED) is 0.928. The van der Waals surface area contributed by atoms with Gasteiger partial charge in [-0.05, 0) is 50.6 Å². The van der Waals surface area contributed by atoms with E-state index in [1.807, 2.05) is 0 Å². The molecule has 0 radical (unpaired) electrons. The van der Waals surface area contributed by atoms with Crippen molar-refractivity contribution in [2.75, 3.05) is 13.1 Å². The first-order valence-corrected chi connectivity index (χ1v) is 6.85. The number of halogens is 2. The second kappa shape index (κ2) is 5.88. The van der Waals surface area contributed by atoms with Crippen molar-refractivity contribution in [1.29, 1.82) is 0 Å². The molecule has 1 atom stereocenters. The number of hydrogen-bond donors (Lipinski definition) is 1. The third-order valence-corrected chi connectivity index (χ3v) is 4.20. The Morgan fingerprint density at radius 1 is 1.47 bits per heavy atom. The molecule has 5 heteroatoms. The monoisotopic (exact) mass is 284 g/mol. The molecule has 0 unspecified atom stereocenters. The maximum absolute atomic E-state index is 13.1. The number of amides is 1. The molecule has 1 aromatic rings. The van der Waals surface area contributed by atoms with Gasteiger partial charge in [0, 0.05) is 12.0 Å². The number of likely N-dealkylation sites (tertiary alicyclic amines) is 1. The number of carbonyl (C=O) groups is 1. The largest absolute Gasteiger partial charge is 0.369 e. The topological polar surface area (TPSA) is 46.3 Å².